The van der Waals surface area contributed by atoms with Crippen LogP contribution in [0.15, 0.2) is 28.7 Å². The number of benzene rings is 2. The first-order valence-corrected chi connectivity index (χ1v) is 6.27. The fraction of sp³-hybridized carbons (Fsp3) is 0.0769. The standard InChI is InChI=1S/C13H4BrF7O/c14-6-3-9(17)12(10(18)4-6)22-11-7(15)1-5(2-8(11)16)13(19,20)21/h1-4H. The van der Waals surface area contributed by atoms with Crippen LogP contribution in [0.1, 0.15) is 5.56 Å². The summed E-state index contributed by atoms with van der Waals surface area (Å²) in [4.78, 5) is 0. The van der Waals surface area contributed by atoms with Crippen LogP contribution in [0.3, 0.4) is 0 Å². The fourth-order valence-corrected chi connectivity index (χ4v) is 1.95. The van der Waals surface area contributed by atoms with Gasteiger partial charge in [-0.25, -0.2) is 17.6 Å². The summed E-state index contributed by atoms with van der Waals surface area (Å²) in [7, 11) is 0. The quantitative estimate of drug-likeness (QED) is 0.589. The lowest BCUT2D eigenvalue weighted by molar-refractivity contribution is -0.138. The molecule has 1 nitrogen and oxygen atoms in total. The van der Waals surface area contributed by atoms with Gasteiger partial charge in [0.2, 0.25) is 0 Å². The van der Waals surface area contributed by atoms with E-state index < -0.39 is 46.5 Å². The van der Waals surface area contributed by atoms with Crippen molar-refractivity contribution in [2.75, 3.05) is 0 Å². The molecule has 9 heteroatoms. The minimum absolute atomic E-state index is 0.00298. The second kappa shape index (κ2) is 5.79. The summed E-state index contributed by atoms with van der Waals surface area (Å²) < 4.78 is 95.7. The van der Waals surface area contributed by atoms with Crippen LogP contribution in [0.4, 0.5) is 30.7 Å². The van der Waals surface area contributed by atoms with E-state index in [1.165, 1.54) is 0 Å². The summed E-state index contributed by atoms with van der Waals surface area (Å²) in [6.45, 7) is 0. The number of rotatable bonds is 2. The molecule has 0 saturated carbocycles. The Morgan fingerprint density at radius 3 is 1.45 bits per heavy atom. The zero-order valence-electron chi connectivity index (χ0n) is 10.2. The molecule has 0 unspecified atom stereocenters. The minimum atomic E-state index is -4.98. The van der Waals surface area contributed by atoms with Crippen molar-refractivity contribution < 1.29 is 35.5 Å². The van der Waals surface area contributed by atoms with Crippen LogP contribution in [-0.4, -0.2) is 0 Å². The van der Waals surface area contributed by atoms with Gasteiger partial charge in [0.15, 0.2) is 34.8 Å². The van der Waals surface area contributed by atoms with E-state index in [1.54, 1.807) is 0 Å². The van der Waals surface area contributed by atoms with Crippen molar-refractivity contribution in [1.82, 2.24) is 0 Å². The molecule has 2 rings (SSSR count). The van der Waals surface area contributed by atoms with E-state index in [-0.39, 0.29) is 16.6 Å². The second-order valence-corrected chi connectivity index (χ2v) is 4.98. The third-order valence-electron chi connectivity index (χ3n) is 2.49. The number of hydrogen-bond donors (Lipinski definition) is 0. The summed E-state index contributed by atoms with van der Waals surface area (Å²) >= 11 is 2.78. The van der Waals surface area contributed by atoms with Gasteiger partial charge >= 0.3 is 6.18 Å². The van der Waals surface area contributed by atoms with E-state index in [9.17, 15) is 30.7 Å². The van der Waals surface area contributed by atoms with Crippen LogP contribution in [0.25, 0.3) is 0 Å². The molecular weight excluding hydrogens is 385 g/mol. The summed E-state index contributed by atoms with van der Waals surface area (Å²) in [6, 6.07) is 1.46. The number of ether oxygens (including phenoxy) is 1. The molecule has 22 heavy (non-hydrogen) atoms. The van der Waals surface area contributed by atoms with Crippen LogP contribution < -0.4 is 4.74 Å². The predicted octanol–water partition coefficient (Wildman–Crippen LogP) is 5.82. The Morgan fingerprint density at radius 2 is 1.09 bits per heavy atom. The number of halogens is 8. The van der Waals surface area contributed by atoms with E-state index >= 15 is 0 Å². The van der Waals surface area contributed by atoms with E-state index in [1.807, 2.05) is 0 Å². The molecule has 0 aliphatic heterocycles. The Bertz CT molecular complexity index is 681. The van der Waals surface area contributed by atoms with Crippen LogP contribution in [-0.2, 0) is 6.18 Å². The van der Waals surface area contributed by atoms with Gasteiger partial charge in [0.25, 0.3) is 0 Å². The van der Waals surface area contributed by atoms with Crippen molar-refractivity contribution in [3.8, 4) is 11.5 Å². The van der Waals surface area contributed by atoms with Gasteiger partial charge in [-0.1, -0.05) is 15.9 Å². The molecule has 0 aromatic heterocycles. The van der Waals surface area contributed by atoms with Gasteiger partial charge in [-0.2, -0.15) is 13.2 Å². The highest BCUT2D eigenvalue weighted by atomic mass is 79.9. The molecule has 0 N–H and O–H groups in total. The summed E-state index contributed by atoms with van der Waals surface area (Å²) in [5, 5.41) is 0. The second-order valence-electron chi connectivity index (χ2n) is 4.07. The molecule has 0 aliphatic rings. The van der Waals surface area contributed by atoms with Crippen molar-refractivity contribution in [1.29, 1.82) is 0 Å². The average Bonchev–Trinajstić information content (AvgIpc) is 2.34. The summed E-state index contributed by atoms with van der Waals surface area (Å²) in [5.74, 6) is -8.53. The van der Waals surface area contributed by atoms with Crippen LogP contribution in [0.5, 0.6) is 11.5 Å². The smallest absolute Gasteiger partial charge is 0.416 e. The van der Waals surface area contributed by atoms with Crippen molar-refractivity contribution >= 4 is 15.9 Å². The van der Waals surface area contributed by atoms with E-state index in [2.05, 4.69) is 20.7 Å². The maximum Gasteiger partial charge on any atom is 0.416 e. The molecule has 118 valence electrons. The van der Waals surface area contributed by atoms with Gasteiger partial charge in [0.1, 0.15) is 0 Å². The molecule has 2 aromatic carbocycles. The van der Waals surface area contributed by atoms with E-state index in [0.717, 1.165) is 12.1 Å². The highest BCUT2D eigenvalue weighted by molar-refractivity contribution is 9.10. The van der Waals surface area contributed by atoms with Gasteiger partial charge < -0.3 is 4.74 Å². The molecule has 0 fully saturated rings. The molecule has 0 spiro atoms. The SMILES string of the molecule is Fc1cc(Br)cc(F)c1Oc1c(F)cc(C(F)(F)F)cc1F. The third kappa shape index (κ3) is 3.34. The molecule has 0 atom stereocenters. The lowest BCUT2D eigenvalue weighted by Gasteiger charge is -2.12. The normalized spacial score (nSPS) is 11.6. The van der Waals surface area contributed by atoms with Crippen molar-refractivity contribution in [2.45, 2.75) is 6.18 Å². The van der Waals surface area contributed by atoms with Gasteiger partial charge in [0.05, 0.1) is 5.56 Å². The predicted molar refractivity (Wildman–Crippen MR) is 65.5 cm³/mol. The topological polar surface area (TPSA) is 9.23 Å². The zero-order valence-corrected chi connectivity index (χ0v) is 11.8. The van der Waals surface area contributed by atoms with Crippen LogP contribution in [0.2, 0.25) is 0 Å². The molecule has 0 amide bonds. The first kappa shape index (κ1) is 16.6. The Kier molecular flexibility index (Phi) is 4.37. The molecule has 0 saturated heterocycles. The lowest BCUT2D eigenvalue weighted by Crippen LogP contribution is -2.07. The maximum atomic E-state index is 13.6. The first-order chi connectivity index (χ1) is 10.1. The monoisotopic (exact) mass is 388 g/mol. The Hall–Kier alpha value is -1.77. The molecule has 0 radical (unpaired) electrons. The third-order valence-corrected chi connectivity index (χ3v) is 2.95. The minimum Gasteiger partial charge on any atom is -0.445 e. The molecule has 0 bridgehead atoms. The molecule has 0 aliphatic carbocycles. The van der Waals surface area contributed by atoms with Gasteiger partial charge in [0, 0.05) is 4.47 Å². The molecular formula is C13H4BrF7O. The van der Waals surface area contributed by atoms with Gasteiger partial charge in [-0.3, -0.25) is 0 Å². The van der Waals surface area contributed by atoms with Crippen molar-refractivity contribution in [3.63, 3.8) is 0 Å². The highest BCUT2D eigenvalue weighted by Gasteiger charge is 2.33. The number of hydrogen-bond acceptors (Lipinski definition) is 1. The fourth-order valence-electron chi connectivity index (χ4n) is 1.55. The highest BCUT2D eigenvalue weighted by Crippen LogP contribution is 2.37. The Labute approximate surface area is 127 Å². The van der Waals surface area contributed by atoms with Crippen molar-refractivity contribution in [2.24, 2.45) is 0 Å². The first-order valence-electron chi connectivity index (χ1n) is 5.48. The molecule has 2 aromatic rings. The summed E-state index contributed by atoms with van der Waals surface area (Å²) in [5.41, 5.74) is -1.59. The van der Waals surface area contributed by atoms with Crippen molar-refractivity contribution in [3.05, 3.63) is 57.6 Å². The Morgan fingerprint density at radius 1 is 0.727 bits per heavy atom. The van der Waals surface area contributed by atoms with Crippen LogP contribution >= 0.6 is 15.9 Å². The number of alkyl halides is 3. The van der Waals surface area contributed by atoms with E-state index in [0.29, 0.717) is 0 Å². The lowest BCUT2D eigenvalue weighted by atomic mass is 10.2. The largest absolute Gasteiger partial charge is 0.445 e. The van der Waals surface area contributed by atoms with Crippen LogP contribution in [0, 0.1) is 23.3 Å². The molecule has 0 heterocycles. The average molecular weight is 389 g/mol. The summed E-state index contributed by atoms with van der Waals surface area (Å²) in [6.07, 6.45) is -4.98. The van der Waals surface area contributed by atoms with Gasteiger partial charge in [-0.15, -0.1) is 0 Å². The van der Waals surface area contributed by atoms with E-state index in [4.69, 9.17) is 0 Å². The zero-order chi connectivity index (χ0) is 16.7. The Balaban J connectivity index is 2.48. The maximum absolute atomic E-state index is 13.6. The van der Waals surface area contributed by atoms with Gasteiger partial charge in [-0.05, 0) is 24.3 Å².